The van der Waals surface area contributed by atoms with Gasteiger partial charge in [0, 0.05) is 12.8 Å². The van der Waals surface area contributed by atoms with Gasteiger partial charge in [0.15, 0.2) is 0 Å². The van der Waals surface area contributed by atoms with Gasteiger partial charge < -0.3 is 10.2 Å². The van der Waals surface area contributed by atoms with Gasteiger partial charge >= 0.3 is 0 Å². The Morgan fingerprint density at radius 1 is 1.36 bits per heavy atom. The second-order valence-electron chi connectivity index (χ2n) is 2.28. The van der Waals surface area contributed by atoms with Gasteiger partial charge in [0.25, 0.3) is 0 Å². The number of ketones is 1. The van der Waals surface area contributed by atoms with Gasteiger partial charge in [-0.2, -0.15) is 0 Å². The van der Waals surface area contributed by atoms with Crippen LogP contribution in [-0.2, 0) is 4.79 Å². The summed E-state index contributed by atoms with van der Waals surface area (Å²) in [7, 11) is 0. The van der Waals surface area contributed by atoms with E-state index in [0.29, 0.717) is 18.6 Å². The summed E-state index contributed by atoms with van der Waals surface area (Å²) in [6.07, 6.45) is 0.822. The Bertz CT molecular complexity index is 83.3. The number of hydrogen-bond donors (Lipinski definition) is 2. The highest BCUT2D eigenvalue weighted by molar-refractivity contribution is 5.77. The Morgan fingerprint density at radius 2 is 1.64 bits per heavy atom. The molecule has 0 aromatic heterocycles. The predicted octanol–water partition coefficient (Wildman–Crippen LogP) is 0.735. The molecular formula is C8H18O3. The van der Waals surface area contributed by atoms with Gasteiger partial charge in [0.2, 0.25) is 0 Å². The summed E-state index contributed by atoms with van der Waals surface area (Å²) in [4.78, 5) is 10.2. The molecule has 0 aromatic carbocycles. The summed E-state index contributed by atoms with van der Waals surface area (Å²) in [5.74, 6) is 0.343. The molecule has 1 unspecified atom stereocenters. The summed E-state index contributed by atoms with van der Waals surface area (Å²) in [5.41, 5.74) is 0. The van der Waals surface area contributed by atoms with E-state index in [4.69, 9.17) is 10.2 Å². The van der Waals surface area contributed by atoms with Gasteiger partial charge in [-0.3, -0.25) is 4.79 Å². The molecule has 0 heterocycles. The third kappa shape index (κ3) is 17.7. The van der Waals surface area contributed by atoms with Crippen LogP contribution in [0.1, 0.15) is 33.6 Å². The average molecular weight is 162 g/mol. The lowest BCUT2D eigenvalue weighted by atomic mass is 10.3. The first-order valence-corrected chi connectivity index (χ1v) is 3.89. The van der Waals surface area contributed by atoms with Crippen LogP contribution in [0.15, 0.2) is 0 Å². The molecule has 0 radical (unpaired) electrons. The van der Waals surface area contributed by atoms with Crippen LogP contribution in [0.25, 0.3) is 0 Å². The molecule has 0 aromatic rings. The van der Waals surface area contributed by atoms with E-state index in [-0.39, 0.29) is 6.61 Å². The van der Waals surface area contributed by atoms with Crippen LogP contribution >= 0.6 is 0 Å². The first-order chi connectivity index (χ1) is 5.08. The van der Waals surface area contributed by atoms with Crippen molar-refractivity contribution in [1.29, 1.82) is 0 Å². The summed E-state index contributed by atoms with van der Waals surface area (Å²) < 4.78 is 0. The minimum atomic E-state index is -0.560. The van der Waals surface area contributed by atoms with Crippen molar-refractivity contribution < 1.29 is 15.0 Å². The Hall–Kier alpha value is -0.410. The largest absolute Gasteiger partial charge is 0.394 e. The van der Waals surface area contributed by atoms with Crippen molar-refractivity contribution in [3.8, 4) is 0 Å². The van der Waals surface area contributed by atoms with E-state index in [9.17, 15) is 4.79 Å². The van der Waals surface area contributed by atoms with Crippen LogP contribution in [0.5, 0.6) is 0 Å². The van der Waals surface area contributed by atoms with Crippen molar-refractivity contribution in [2.24, 2.45) is 0 Å². The zero-order valence-corrected chi connectivity index (χ0v) is 7.50. The van der Waals surface area contributed by atoms with Gasteiger partial charge in [-0.05, 0) is 6.92 Å². The van der Waals surface area contributed by atoms with Crippen molar-refractivity contribution >= 4 is 5.78 Å². The summed E-state index contributed by atoms with van der Waals surface area (Å²) in [5, 5.41) is 16.0. The van der Waals surface area contributed by atoms with E-state index < -0.39 is 6.10 Å². The van der Waals surface area contributed by atoms with Crippen molar-refractivity contribution in [2.75, 3.05) is 6.61 Å². The minimum Gasteiger partial charge on any atom is -0.394 e. The van der Waals surface area contributed by atoms with Crippen LogP contribution < -0.4 is 0 Å². The monoisotopic (exact) mass is 162 g/mol. The number of hydrogen-bond acceptors (Lipinski definition) is 3. The highest BCUT2D eigenvalue weighted by Gasteiger charge is 1.86. The van der Waals surface area contributed by atoms with E-state index in [1.807, 2.05) is 13.8 Å². The van der Waals surface area contributed by atoms with Gasteiger partial charge in [-0.25, -0.2) is 0 Å². The number of Topliss-reactive ketones (excluding diaryl/α,β-unsaturated/α-hetero) is 1. The van der Waals surface area contributed by atoms with Crippen molar-refractivity contribution in [2.45, 2.75) is 39.7 Å². The lowest BCUT2D eigenvalue weighted by molar-refractivity contribution is -0.118. The zero-order chi connectivity index (χ0) is 9.28. The molecule has 2 N–H and O–H groups in total. The molecule has 68 valence electrons. The Kier molecular flexibility index (Phi) is 11.5. The number of carbonyl (C=O) groups excluding carboxylic acids is 1. The molecule has 0 spiro atoms. The Morgan fingerprint density at radius 3 is 1.64 bits per heavy atom. The number of rotatable bonds is 3. The number of carbonyl (C=O) groups is 1. The molecule has 0 saturated heterocycles. The first-order valence-electron chi connectivity index (χ1n) is 3.89. The van der Waals surface area contributed by atoms with Gasteiger partial charge in [0.1, 0.15) is 5.78 Å². The van der Waals surface area contributed by atoms with Crippen molar-refractivity contribution in [3.05, 3.63) is 0 Å². The third-order valence-electron chi connectivity index (χ3n) is 1.05. The minimum absolute atomic E-state index is 0.139. The lowest BCUT2D eigenvalue weighted by Crippen LogP contribution is -2.03. The first kappa shape index (κ1) is 13.2. The third-order valence-corrected chi connectivity index (χ3v) is 1.05. The smallest absolute Gasteiger partial charge is 0.132 e. The normalized spacial score (nSPS) is 11.4. The SMILES string of the molecule is CC(O)CO.CCC(=O)CC. The molecular weight excluding hydrogens is 144 g/mol. The van der Waals surface area contributed by atoms with E-state index in [0.717, 1.165) is 0 Å². The molecule has 0 saturated carbocycles. The van der Waals surface area contributed by atoms with Gasteiger partial charge in [0.05, 0.1) is 12.7 Å². The van der Waals surface area contributed by atoms with Crippen molar-refractivity contribution in [1.82, 2.24) is 0 Å². The van der Waals surface area contributed by atoms with E-state index in [1.165, 1.54) is 6.92 Å². The standard InChI is InChI=1S/C5H10O.C3H8O2/c1-3-5(6)4-2;1-3(5)2-4/h3-4H2,1-2H3;3-5H,2H2,1H3. The Balaban J connectivity index is 0. The maximum Gasteiger partial charge on any atom is 0.132 e. The lowest BCUT2D eigenvalue weighted by Gasteiger charge is -1.90. The molecule has 3 heteroatoms. The maximum atomic E-state index is 10.2. The molecule has 1 atom stereocenters. The van der Waals surface area contributed by atoms with Gasteiger partial charge in [-0.15, -0.1) is 0 Å². The maximum absolute atomic E-state index is 10.2. The Labute approximate surface area is 68.0 Å². The molecule has 11 heavy (non-hydrogen) atoms. The molecule has 3 nitrogen and oxygen atoms in total. The molecule has 0 aliphatic carbocycles. The molecule has 0 aliphatic heterocycles. The fourth-order valence-corrected chi connectivity index (χ4v) is 0.250. The quantitative estimate of drug-likeness (QED) is 0.643. The highest BCUT2D eigenvalue weighted by Crippen LogP contribution is 1.83. The average Bonchev–Trinajstić information content (AvgIpc) is 2.04. The fourth-order valence-electron chi connectivity index (χ4n) is 0.250. The van der Waals surface area contributed by atoms with Crippen LogP contribution in [0.3, 0.4) is 0 Å². The molecule has 0 rings (SSSR count). The summed E-state index contributed by atoms with van der Waals surface area (Å²) in [6, 6.07) is 0. The predicted molar refractivity (Wildman–Crippen MR) is 44.4 cm³/mol. The number of aliphatic hydroxyl groups excluding tert-OH is 2. The van der Waals surface area contributed by atoms with Crippen molar-refractivity contribution in [3.63, 3.8) is 0 Å². The van der Waals surface area contributed by atoms with Crippen LogP contribution in [0.2, 0.25) is 0 Å². The van der Waals surface area contributed by atoms with E-state index in [1.54, 1.807) is 0 Å². The second-order valence-corrected chi connectivity index (χ2v) is 2.28. The molecule has 0 fully saturated rings. The number of aliphatic hydroxyl groups is 2. The van der Waals surface area contributed by atoms with E-state index in [2.05, 4.69) is 0 Å². The van der Waals surface area contributed by atoms with Crippen LogP contribution in [0.4, 0.5) is 0 Å². The topological polar surface area (TPSA) is 57.5 Å². The molecule has 0 bridgehead atoms. The summed E-state index contributed by atoms with van der Waals surface area (Å²) in [6.45, 7) is 5.15. The molecule has 0 aliphatic rings. The van der Waals surface area contributed by atoms with Crippen LogP contribution in [-0.4, -0.2) is 28.7 Å². The van der Waals surface area contributed by atoms with Gasteiger partial charge in [-0.1, -0.05) is 13.8 Å². The fraction of sp³-hybridized carbons (Fsp3) is 0.875. The summed E-state index contributed by atoms with van der Waals surface area (Å²) >= 11 is 0. The van der Waals surface area contributed by atoms with E-state index >= 15 is 0 Å². The second kappa shape index (κ2) is 9.59. The molecule has 0 amide bonds. The highest BCUT2D eigenvalue weighted by atomic mass is 16.3. The van der Waals surface area contributed by atoms with Crippen LogP contribution in [0, 0.1) is 0 Å². The zero-order valence-electron chi connectivity index (χ0n) is 7.50.